The van der Waals surface area contributed by atoms with Gasteiger partial charge in [-0.05, 0) is 37.5 Å². The molecule has 160 valence electrons. The Kier molecular flexibility index (Phi) is 30.0. The van der Waals surface area contributed by atoms with E-state index >= 15 is 0 Å². The van der Waals surface area contributed by atoms with E-state index < -0.39 is 23.8 Å². The molecule has 0 aliphatic rings. The van der Waals surface area contributed by atoms with Crippen LogP contribution in [-0.2, 0) is 9.59 Å². The molecule has 2 unspecified atom stereocenters. The number of hydrogen-bond acceptors (Lipinski definition) is 4. The van der Waals surface area contributed by atoms with Gasteiger partial charge in [0.05, 0.1) is 0 Å². The first-order valence-electron chi connectivity index (χ1n) is 11.4. The molecule has 2 atom stereocenters. The summed E-state index contributed by atoms with van der Waals surface area (Å²) in [4.78, 5) is 22.7. The normalized spacial score (nSPS) is 12.5. The van der Waals surface area contributed by atoms with Crippen LogP contribution in [0.25, 0.3) is 0 Å². The first-order chi connectivity index (χ1) is 13.0. The maximum Gasteiger partial charge on any atom is 1.00 e. The Balaban J connectivity index is -0.00000338. The molecule has 0 amide bonds. The van der Waals surface area contributed by atoms with Crippen molar-refractivity contribution in [3.63, 3.8) is 0 Å². The molecule has 0 spiro atoms. The summed E-state index contributed by atoms with van der Waals surface area (Å²) in [6.45, 7) is 4.36. The summed E-state index contributed by atoms with van der Waals surface area (Å²) in [7, 11) is 0. The smallest absolute Gasteiger partial charge is 0.550 e. The third-order valence-electron chi connectivity index (χ3n) is 5.58. The predicted octanol–water partition coefficient (Wildman–Crippen LogP) is -1.60. The number of carboxylic acid groups (broad SMARTS) is 2. The molecular formula is C23H42Na2O4. The van der Waals surface area contributed by atoms with Crippen molar-refractivity contribution < 1.29 is 78.9 Å². The van der Waals surface area contributed by atoms with Crippen molar-refractivity contribution in [3.05, 3.63) is 0 Å². The predicted molar refractivity (Wildman–Crippen MR) is 107 cm³/mol. The third-order valence-corrected chi connectivity index (χ3v) is 5.58. The molecule has 29 heavy (non-hydrogen) atoms. The van der Waals surface area contributed by atoms with Crippen molar-refractivity contribution in [3.8, 4) is 0 Å². The first-order valence-corrected chi connectivity index (χ1v) is 11.4. The summed E-state index contributed by atoms with van der Waals surface area (Å²) in [5.74, 6) is -2.84. The van der Waals surface area contributed by atoms with Crippen LogP contribution in [0.2, 0.25) is 0 Å². The zero-order valence-corrected chi connectivity index (χ0v) is 23.8. The fourth-order valence-corrected chi connectivity index (χ4v) is 3.71. The largest absolute Gasteiger partial charge is 1.00 e. The molecule has 0 saturated carbocycles. The Morgan fingerprint density at radius 3 is 1.10 bits per heavy atom. The standard InChI is InChI=1S/C23H44O4.2Na/c1-3-5-7-9-11-13-16-20(22(24)25)18-15-19-21(23(26)27)17-14-12-10-8-6-4-2;;/h20-21H,3-19H2,1-2H3,(H,24,25)(H,26,27);;/q;2*+1/p-2. The van der Waals surface area contributed by atoms with Gasteiger partial charge < -0.3 is 19.8 Å². The Labute approximate surface area is 224 Å². The zero-order valence-electron chi connectivity index (χ0n) is 19.8. The molecule has 0 aromatic heterocycles. The van der Waals surface area contributed by atoms with E-state index in [-0.39, 0.29) is 59.1 Å². The molecule has 4 nitrogen and oxygen atoms in total. The molecule has 0 N–H and O–H groups in total. The Morgan fingerprint density at radius 1 is 0.517 bits per heavy atom. The number of unbranched alkanes of at least 4 members (excludes halogenated alkanes) is 10. The number of aliphatic carboxylic acids is 2. The molecule has 0 aliphatic carbocycles. The van der Waals surface area contributed by atoms with E-state index in [1.807, 2.05) is 0 Å². The fourth-order valence-electron chi connectivity index (χ4n) is 3.71. The van der Waals surface area contributed by atoms with Gasteiger partial charge in [0.25, 0.3) is 0 Å². The SMILES string of the molecule is CCCCCCCCC(CCCC(CCCCCCCC)C(=O)[O-])C(=O)[O-].[Na+].[Na+]. The van der Waals surface area contributed by atoms with Gasteiger partial charge in [0.2, 0.25) is 0 Å². The number of carbonyl (C=O) groups excluding carboxylic acids is 2. The van der Waals surface area contributed by atoms with Crippen molar-refractivity contribution in [1.82, 2.24) is 0 Å². The summed E-state index contributed by atoms with van der Waals surface area (Å²) in [5, 5.41) is 22.7. The average molecular weight is 429 g/mol. The molecule has 0 saturated heterocycles. The Hall–Kier alpha value is 0.940. The van der Waals surface area contributed by atoms with Gasteiger partial charge in [0, 0.05) is 11.9 Å². The molecule has 0 aromatic rings. The van der Waals surface area contributed by atoms with Gasteiger partial charge in [-0.1, -0.05) is 97.3 Å². The zero-order chi connectivity index (χ0) is 20.3. The first kappa shape index (κ1) is 34.6. The van der Waals surface area contributed by atoms with Crippen LogP contribution in [0.4, 0.5) is 0 Å². The number of hydrogen-bond donors (Lipinski definition) is 0. The van der Waals surface area contributed by atoms with Gasteiger partial charge in [-0.25, -0.2) is 0 Å². The maximum atomic E-state index is 11.3. The summed E-state index contributed by atoms with van der Waals surface area (Å²) >= 11 is 0. The van der Waals surface area contributed by atoms with Crippen LogP contribution in [0.5, 0.6) is 0 Å². The second-order valence-electron chi connectivity index (χ2n) is 8.08. The molecule has 0 heterocycles. The molecule has 0 radical (unpaired) electrons. The summed E-state index contributed by atoms with van der Waals surface area (Å²) < 4.78 is 0. The minimum absolute atomic E-state index is 0. The number of carboxylic acids is 2. The second-order valence-corrected chi connectivity index (χ2v) is 8.08. The molecule has 0 bridgehead atoms. The van der Waals surface area contributed by atoms with Crippen molar-refractivity contribution in [2.45, 2.75) is 123 Å². The van der Waals surface area contributed by atoms with Gasteiger partial charge in [-0.2, -0.15) is 0 Å². The van der Waals surface area contributed by atoms with Crippen LogP contribution in [0.3, 0.4) is 0 Å². The van der Waals surface area contributed by atoms with E-state index in [4.69, 9.17) is 0 Å². The van der Waals surface area contributed by atoms with Crippen molar-refractivity contribution >= 4 is 11.9 Å². The summed E-state index contributed by atoms with van der Waals surface area (Å²) in [6.07, 6.45) is 16.6. The summed E-state index contributed by atoms with van der Waals surface area (Å²) in [6, 6.07) is 0. The van der Waals surface area contributed by atoms with Gasteiger partial charge >= 0.3 is 59.1 Å². The van der Waals surface area contributed by atoms with Crippen molar-refractivity contribution in [2.24, 2.45) is 11.8 Å². The molecule has 0 aromatic carbocycles. The van der Waals surface area contributed by atoms with E-state index in [0.29, 0.717) is 32.1 Å². The molecular weight excluding hydrogens is 386 g/mol. The molecule has 0 aliphatic heterocycles. The van der Waals surface area contributed by atoms with Crippen LogP contribution in [0.1, 0.15) is 123 Å². The minimum Gasteiger partial charge on any atom is -0.550 e. The molecule has 0 rings (SSSR count). The quantitative estimate of drug-likeness (QED) is 0.173. The van der Waals surface area contributed by atoms with E-state index in [0.717, 1.165) is 25.7 Å². The fraction of sp³-hybridized carbons (Fsp3) is 0.913. The molecule has 6 heteroatoms. The monoisotopic (exact) mass is 428 g/mol. The van der Waals surface area contributed by atoms with Gasteiger partial charge in [0.1, 0.15) is 0 Å². The maximum absolute atomic E-state index is 11.3. The van der Waals surface area contributed by atoms with Crippen LogP contribution in [0, 0.1) is 11.8 Å². The van der Waals surface area contributed by atoms with E-state index in [2.05, 4.69) is 13.8 Å². The van der Waals surface area contributed by atoms with Gasteiger partial charge in [0.15, 0.2) is 0 Å². The van der Waals surface area contributed by atoms with E-state index in [9.17, 15) is 19.8 Å². The van der Waals surface area contributed by atoms with Crippen molar-refractivity contribution in [1.29, 1.82) is 0 Å². The molecule has 0 fully saturated rings. The Morgan fingerprint density at radius 2 is 0.793 bits per heavy atom. The van der Waals surface area contributed by atoms with Gasteiger partial charge in [-0.15, -0.1) is 0 Å². The number of carbonyl (C=O) groups is 2. The van der Waals surface area contributed by atoms with Crippen LogP contribution < -0.4 is 69.3 Å². The van der Waals surface area contributed by atoms with E-state index in [1.54, 1.807) is 0 Å². The topological polar surface area (TPSA) is 80.3 Å². The minimum atomic E-state index is -0.982. The third kappa shape index (κ3) is 21.9. The summed E-state index contributed by atoms with van der Waals surface area (Å²) in [5.41, 5.74) is 0. The van der Waals surface area contributed by atoms with Gasteiger partial charge in [-0.3, -0.25) is 0 Å². The van der Waals surface area contributed by atoms with Crippen LogP contribution in [-0.4, -0.2) is 11.9 Å². The second kappa shape index (κ2) is 25.2. The average Bonchev–Trinajstić information content (AvgIpc) is 2.63. The van der Waals surface area contributed by atoms with Crippen LogP contribution in [0.15, 0.2) is 0 Å². The Bertz CT molecular complexity index is 344. The van der Waals surface area contributed by atoms with E-state index in [1.165, 1.54) is 51.4 Å². The number of rotatable bonds is 20. The van der Waals surface area contributed by atoms with Crippen LogP contribution >= 0.6 is 0 Å². The van der Waals surface area contributed by atoms with Crippen molar-refractivity contribution in [2.75, 3.05) is 0 Å².